The zero-order valence-electron chi connectivity index (χ0n) is 14.2. The largest absolute Gasteiger partial charge is 0.0888 e. The molecule has 0 heterocycles. The lowest BCUT2D eigenvalue weighted by Crippen LogP contribution is -2.28. The fraction of sp³-hybridized carbons (Fsp3) is 0.167. The maximum absolute atomic E-state index is 2.33. The van der Waals surface area contributed by atoms with Crippen LogP contribution in [-0.2, 0) is 5.41 Å². The van der Waals surface area contributed by atoms with E-state index in [0.29, 0.717) is 0 Å². The third kappa shape index (κ3) is 3.19. The van der Waals surface area contributed by atoms with Crippen molar-refractivity contribution < 1.29 is 0 Å². The van der Waals surface area contributed by atoms with Crippen LogP contribution < -0.4 is 0 Å². The van der Waals surface area contributed by atoms with Crippen LogP contribution in [0.2, 0.25) is 0 Å². The fourth-order valence-corrected chi connectivity index (χ4v) is 3.45. The molecule has 0 fully saturated rings. The molecule has 3 aromatic rings. The molecule has 0 heteroatoms. The first-order valence-electron chi connectivity index (χ1n) is 8.69. The summed E-state index contributed by atoms with van der Waals surface area (Å²) < 4.78 is 0. The van der Waals surface area contributed by atoms with E-state index in [4.69, 9.17) is 0 Å². The van der Waals surface area contributed by atoms with Crippen LogP contribution in [0, 0.1) is 0 Å². The van der Waals surface area contributed by atoms with E-state index in [1.165, 1.54) is 16.7 Å². The minimum absolute atomic E-state index is 0.157. The summed E-state index contributed by atoms with van der Waals surface area (Å²) in [5.41, 5.74) is 3.85. The minimum atomic E-state index is -0.157. The zero-order chi connectivity index (χ0) is 16.7. The van der Waals surface area contributed by atoms with E-state index in [1.54, 1.807) is 0 Å². The molecule has 0 radical (unpaired) electrons. The van der Waals surface area contributed by atoms with Crippen molar-refractivity contribution in [2.24, 2.45) is 0 Å². The highest BCUT2D eigenvalue weighted by Gasteiger charge is 2.34. The predicted octanol–water partition coefficient (Wildman–Crippen LogP) is 6.38. The maximum Gasteiger partial charge on any atom is 0.0485 e. The molecule has 24 heavy (non-hydrogen) atoms. The topological polar surface area (TPSA) is 0 Å². The van der Waals surface area contributed by atoms with Gasteiger partial charge in [0.1, 0.15) is 0 Å². The Morgan fingerprint density at radius 2 is 0.958 bits per heavy atom. The minimum Gasteiger partial charge on any atom is -0.0888 e. The Balaban J connectivity index is 2.26. The SMILES string of the molecule is CCC=CCC(c1ccccc1)(c1ccccc1)c1ccccc1. The third-order valence-corrected chi connectivity index (χ3v) is 4.63. The van der Waals surface area contributed by atoms with Crippen molar-refractivity contribution in [2.45, 2.75) is 25.2 Å². The van der Waals surface area contributed by atoms with Gasteiger partial charge in [0.05, 0.1) is 0 Å². The normalized spacial score (nSPS) is 11.7. The van der Waals surface area contributed by atoms with Crippen LogP contribution in [-0.4, -0.2) is 0 Å². The Bertz CT molecular complexity index is 658. The molecule has 0 saturated heterocycles. The van der Waals surface area contributed by atoms with Crippen LogP contribution in [0.5, 0.6) is 0 Å². The molecule has 0 aliphatic rings. The molecule has 0 aliphatic carbocycles. The van der Waals surface area contributed by atoms with E-state index in [9.17, 15) is 0 Å². The van der Waals surface area contributed by atoms with Gasteiger partial charge in [0.2, 0.25) is 0 Å². The highest BCUT2D eigenvalue weighted by Crippen LogP contribution is 2.42. The van der Waals surface area contributed by atoms with E-state index in [1.807, 2.05) is 0 Å². The molecule has 0 N–H and O–H groups in total. The van der Waals surface area contributed by atoms with Gasteiger partial charge in [-0.25, -0.2) is 0 Å². The van der Waals surface area contributed by atoms with E-state index in [0.717, 1.165) is 12.8 Å². The second kappa shape index (κ2) is 7.79. The summed E-state index contributed by atoms with van der Waals surface area (Å²) in [6, 6.07) is 32.6. The van der Waals surface area contributed by atoms with Crippen LogP contribution in [0.4, 0.5) is 0 Å². The average Bonchev–Trinajstić information content (AvgIpc) is 2.68. The first-order valence-corrected chi connectivity index (χ1v) is 8.69. The van der Waals surface area contributed by atoms with Gasteiger partial charge in [-0.05, 0) is 29.5 Å². The first-order chi connectivity index (χ1) is 11.9. The summed E-state index contributed by atoms with van der Waals surface area (Å²) >= 11 is 0. The number of hydrogen-bond donors (Lipinski definition) is 0. The Hall–Kier alpha value is -2.60. The van der Waals surface area contributed by atoms with Crippen molar-refractivity contribution in [2.75, 3.05) is 0 Å². The summed E-state index contributed by atoms with van der Waals surface area (Å²) in [5.74, 6) is 0. The van der Waals surface area contributed by atoms with Gasteiger partial charge >= 0.3 is 0 Å². The van der Waals surface area contributed by atoms with E-state index in [2.05, 4.69) is 110 Å². The highest BCUT2D eigenvalue weighted by molar-refractivity contribution is 5.50. The molecule has 0 nitrogen and oxygen atoms in total. The second-order valence-corrected chi connectivity index (χ2v) is 6.09. The standard InChI is InChI=1S/C24H24/c1-2-3-13-20-24(21-14-7-4-8-15-21,22-16-9-5-10-17-22)23-18-11-6-12-19-23/h3-19H,2,20H2,1H3. The van der Waals surface area contributed by atoms with Crippen molar-refractivity contribution >= 4 is 0 Å². The molecule has 120 valence electrons. The third-order valence-electron chi connectivity index (χ3n) is 4.63. The van der Waals surface area contributed by atoms with Gasteiger partial charge in [-0.15, -0.1) is 0 Å². The molecule has 0 aromatic heterocycles. The molecular weight excluding hydrogens is 288 g/mol. The van der Waals surface area contributed by atoms with E-state index < -0.39 is 0 Å². The van der Waals surface area contributed by atoms with Crippen molar-refractivity contribution in [3.63, 3.8) is 0 Å². The number of allylic oxidation sites excluding steroid dienone is 2. The van der Waals surface area contributed by atoms with Gasteiger partial charge in [-0.2, -0.15) is 0 Å². The highest BCUT2D eigenvalue weighted by atomic mass is 14.4. The van der Waals surface area contributed by atoms with E-state index in [-0.39, 0.29) is 5.41 Å². The molecule has 0 saturated carbocycles. The monoisotopic (exact) mass is 312 g/mol. The molecule has 3 aromatic carbocycles. The Morgan fingerprint density at radius 1 is 0.583 bits per heavy atom. The number of rotatable bonds is 6. The summed E-state index contributed by atoms with van der Waals surface area (Å²) in [7, 11) is 0. The molecular formula is C24H24. The van der Waals surface area contributed by atoms with Gasteiger partial charge in [-0.3, -0.25) is 0 Å². The van der Waals surface area contributed by atoms with Crippen LogP contribution in [0.25, 0.3) is 0 Å². The number of benzene rings is 3. The van der Waals surface area contributed by atoms with Crippen LogP contribution in [0.1, 0.15) is 36.5 Å². The zero-order valence-corrected chi connectivity index (χ0v) is 14.2. The van der Waals surface area contributed by atoms with Crippen molar-refractivity contribution in [1.29, 1.82) is 0 Å². The summed E-state index contributed by atoms with van der Waals surface area (Å²) in [5, 5.41) is 0. The molecule has 0 bridgehead atoms. The molecule has 0 unspecified atom stereocenters. The van der Waals surface area contributed by atoms with E-state index >= 15 is 0 Å². The maximum atomic E-state index is 2.33. The number of hydrogen-bond acceptors (Lipinski definition) is 0. The lowest BCUT2D eigenvalue weighted by atomic mass is 9.67. The lowest BCUT2D eigenvalue weighted by Gasteiger charge is -2.35. The summed E-state index contributed by atoms with van der Waals surface area (Å²) in [6.07, 6.45) is 6.61. The van der Waals surface area contributed by atoms with Crippen LogP contribution >= 0.6 is 0 Å². The Labute approximate surface area is 145 Å². The first kappa shape index (κ1) is 16.3. The second-order valence-electron chi connectivity index (χ2n) is 6.09. The van der Waals surface area contributed by atoms with Crippen molar-refractivity contribution in [1.82, 2.24) is 0 Å². The van der Waals surface area contributed by atoms with Gasteiger partial charge in [0.25, 0.3) is 0 Å². The summed E-state index contributed by atoms with van der Waals surface area (Å²) in [4.78, 5) is 0. The lowest BCUT2D eigenvalue weighted by molar-refractivity contribution is 0.626. The van der Waals surface area contributed by atoms with Crippen LogP contribution in [0.3, 0.4) is 0 Å². The van der Waals surface area contributed by atoms with Crippen LogP contribution in [0.15, 0.2) is 103 Å². The molecule has 3 rings (SSSR count). The fourth-order valence-electron chi connectivity index (χ4n) is 3.45. The van der Waals surface area contributed by atoms with Crippen molar-refractivity contribution in [3.05, 3.63) is 120 Å². The van der Waals surface area contributed by atoms with Crippen molar-refractivity contribution in [3.8, 4) is 0 Å². The average molecular weight is 312 g/mol. The Kier molecular flexibility index (Phi) is 5.28. The molecule has 0 atom stereocenters. The predicted molar refractivity (Wildman–Crippen MR) is 103 cm³/mol. The smallest absolute Gasteiger partial charge is 0.0485 e. The van der Waals surface area contributed by atoms with Gasteiger partial charge in [-0.1, -0.05) is 110 Å². The quantitative estimate of drug-likeness (QED) is 0.366. The molecule has 0 amide bonds. The van der Waals surface area contributed by atoms with Gasteiger partial charge in [0, 0.05) is 5.41 Å². The van der Waals surface area contributed by atoms with Gasteiger partial charge in [0.15, 0.2) is 0 Å². The molecule has 0 spiro atoms. The van der Waals surface area contributed by atoms with Gasteiger partial charge < -0.3 is 0 Å². The summed E-state index contributed by atoms with van der Waals surface area (Å²) in [6.45, 7) is 2.19. The molecule has 0 aliphatic heterocycles. The Morgan fingerprint density at radius 3 is 1.29 bits per heavy atom.